The van der Waals surface area contributed by atoms with Crippen molar-refractivity contribution in [1.82, 2.24) is 4.90 Å². The van der Waals surface area contributed by atoms with Crippen LogP contribution in [-0.4, -0.2) is 51.9 Å². The standard InChI is InChI=1S/C17H24N2O3S2/c1-6-9-18-15(17(2,3)24-16(18)23)19(20)11-12-7-8-13(21-4)14(10-12)22-5/h7-8,10-11,15H,6,9H2,1-5H3/t15-/m0/s1. The van der Waals surface area contributed by atoms with E-state index >= 15 is 0 Å². The third-order valence-electron chi connectivity index (χ3n) is 3.89. The highest BCUT2D eigenvalue weighted by molar-refractivity contribution is 8.24. The van der Waals surface area contributed by atoms with Crippen LogP contribution < -0.4 is 9.47 Å². The van der Waals surface area contributed by atoms with Gasteiger partial charge in [-0.1, -0.05) is 30.9 Å². The maximum Gasteiger partial charge on any atom is 0.254 e. The second-order valence-corrected chi connectivity index (χ2v) is 8.43. The molecule has 24 heavy (non-hydrogen) atoms. The monoisotopic (exact) mass is 368 g/mol. The van der Waals surface area contributed by atoms with Crippen LogP contribution in [0.25, 0.3) is 0 Å². The van der Waals surface area contributed by atoms with Crippen molar-refractivity contribution in [1.29, 1.82) is 0 Å². The maximum atomic E-state index is 12.9. The summed E-state index contributed by atoms with van der Waals surface area (Å²) < 4.78 is 12.0. The molecule has 1 aliphatic rings. The van der Waals surface area contributed by atoms with Gasteiger partial charge in [0.2, 0.25) is 0 Å². The molecule has 132 valence electrons. The minimum atomic E-state index is -0.331. The first kappa shape index (κ1) is 18.9. The van der Waals surface area contributed by atoms with Crippen LogP contribution in [0.3, 0.4) is 0 Å². The van der Waals surface area contributed by atoms with Crippen molar-refractivity contribution in [2.45, 2.75) is 38.1 Å². The van der Waals surface area contributed by atoms with Crippen molar-refractivity contribution in [3.05, 3.63) is 29.0 Å². The molecule has 0 amide bonds. The van der Waals surface area contributed by atoms with Gasteiger partial charge in [-0.3, -0.25) is 4.90 Å². The summed E-state index contributed by atoms with van der Waals surface area (Å²) in [4.78, 5) is 2.02. The summed E-state index contributed by atoms with van der Waals surface area (Å²) in [5, 5.41) is 12.9. The highest BCUT2D eigenvalue weighted by atomic mass is 32.2. The Balaban J connectivity index is 2.36. The van der Waals surface area contributed by atoms with E-state index in [1.165, 1.54) is 0 Å². The van der Waals surface area contributed by atoms with E-state index in [4.69, 9.17) is 21.7 Å². The molecule has 0 bridgehead atoms. The lowest BCUT2D eigenvalue weighted by molar-refractivity contribution is -0.523. The summed E-state index contributed by atoms with van der Waals surface area (Å²) in [7, 11) is 3.16. The zero-order valence-electron chi connectivity index (χ0n) is 14.7. The first-order valence-electron chi connectivity index (χ1n) is 7.86. The average Bonchev–Trinajstić information content (AvgIpc) is 2.76. The first-order chi connectivity index (χ1) is 11.3. The summed E-state index contributed by atoms with van der Waals surface area (Å²) in [6, 6.07) is 5.42. The fraction of sp³-hybridized carbons (Fsp3) is 0.529. The molecule has 1 fully saturated rings. The molecule has 1 heterocycles. The second-order valence-electron chi connectivity index (χ2n) is 6.14. The molecule has 5 nitrogen and oxygen atoms in total. The lowest BCUT2D eigenvalue weighted by atomic mass is 10.1. The predicted molar refractivity (Wildman–Crippen MR) is 103 cm³/mol. The predicted octanol–water partition coefficient (Wildman–Crippen LogP) is 3.48. The van der Waals surface area contributed by atoms with Crippen LogP contribution in [0.15, 0.2) is 18.2 Å². The Labute approximate surface area is 153 Å². The van der Waals surface area contributed by atoms with Gasteiger partial charge >= 0.3 is 0 Å². The van der Waals surface area contributed by atoms with Crippen LogP contribution in [0.2, 0.25) is 0 Å². The van der Waals surface area contributed by atoms with Crippen molar-refractivity contribution in [2.75, 3.05) is 20.8 Å². The highest BCUT2D eigenvalue weighted by Gasteiger charge is 2.49. The number of ether oxygens (including phenoxy) is 2. The molecule has 0 aliphatic carbocycles. The number of thiocarbonyl (C=S) groups is 1. The van der Waals surface area contributed by atoms with E-state index in [2.05, 4.69) is 20.8 Å². The van der Waals surface area contributed by atoms with Crippen molar-refractivity contribution in [2.24, 2.45) is 0 Å². The normalized spacial score (nSPS) is 20.4. The average molecular weight is 369 g/mol. The van der Waals surface area contributed by atoms with Gasteiger partial charge in [0, 0.05) is 12.1 Å². The zero-order chi connectivity index (χ0) is 17.9. The molecule has 1 saturated heterocycles. The van der Waals surface area contributed by atoms with Gasteiger partial charge in [-0.25, -0.2) is 0 Å². The molecule has 1 atom stereocenters. The van der Waals surface area contributed by atoms with Crippen molar-refractivity contribution in [3.63, 3.8) is 0 Å². The molecule has 0 unspecified atom stereocenters. The van der Waals surface area contributed by atoms with Gasteiger partial charge in [0.05, 0.1) is 14.2 Å². The SMILES string of the molecule is CCCN1C(=S)SC(C)(C)[C@@H]1[N+]([O-])=Cc1ccc(OC)c(OC)c1. The Morgan fingerprint density at radius 2 is 2.00 bits per heavy atom. The molecule has 0 radical (unpaired) electrons. The number of rotatable bonds is 6. The number of thioether (sulfide) groups is 1. The fourth-order valence-corrected chi connectivity index (χ4v) is 4.79. The van der Waals surface area contributed by atoms with Crippen LogP contribution in [0.1, 0.15) is 32.8 Å². The number of nitrogens with zero attached hydrogens (tertiary/aromatic N) is 2. The lowest BCUT2D eigenvalue weighted by Gasteiger charge is -2.29. The summed E-state index contributed by atoms with van der Waals surface area (Å²) in [6.07, 6.45) is 2.20. The Morgan fingerprint density at radius 3 is 2.58 bits per heavy atom. The van der Waals surface area contributed by atoms with Gasteiger partial charge in [-0.2, -0.15) is 4.74 Å². The molecule has 7 heteroatoms. The zero-order valence-corrected chi connectivity index (χ0v) is 16.4. The van der Waals surface area contributed by atoms with Crippen LogP contribution in [-0.2, 0) is 0 Å². The highest BCUT2D eigenvalue weighted by Crippen LogP contribution is 2.41. The van der Waals surface area contributed by atoms with Crippen molar-refractivity contribution < 1.29 is 14.2 Å². The quantitative estimate of drug-likeness (QED) is 0.252. The molecule has 0 spiro atoms. The Morgan fingerprint density at radius 1 is 1.33 bits per heavy atom. The second kappa shape index (κ2) is 7.61. The van der Waals surface area contributed by atoms with E-state index in [-0.39, 0.29) is 10.9 Å². The number of benzene rings is 1. The lowest BCUT2D eigenvalue weighted by Crippen LogP contribution is -2.48. The molecule has 0 N–H and O–H groups in total. The summed E-state index contributed by atoms with van der Waals surface area (Å²) >= 11 is 7.04. The van der Waals surface area contributed by atoms with E-state index in [1.54, 1.807) is 44.3 Å². The van der Waals surface area contributed by atoms with Crippen LogP contribution >= 0.6 is 24.0 Å². The number of hydrogen-bond acceptors (Lipinski definition) is 5. The molecule has 1 aliphatic heterocycles. The minimum absolute atomic E-state index is 0.277. The van der Waals surface area contributed by atoms with E-state index in [0.717, 1.165) is 27.6 Å². The third-order valence-corrected chi connectivity index (χ3v) is 5.52. The fourth-order valence-electron chi connectivity index (χ4n) is 2.86. The van der Waals surface area contributed by atoms with Gasteiger partial charge in [0.1, 0.15) is 9.07 Å². The smallest absolute Gasteiger partial charge is 0.254 e. The maximum absolute atomic E-state index is 12.9. The third kappa shape index (κ3) is 3.78. The number of hydrogen-bond donors (Lipinski definition) is 0. The van der Waals surface area contributed by atoms with E-state index in [9.17, 15) is 5.21 Å². The summed E-state index contributed by atoms with van der Waals surface area (Å²) in [5.41, 5.74) is 0.762. The van der Waals surface area contributed by atoms with Crippen LogP contribution in [0.4, 0.5) is 0 Å². The topological polar surface area (TPSA) is 47.8 Å². The van der Waals surface area contributed by atoms with Gasteiger partial charge in [0.25, 0.3) is 6.17 Å². The van der Waals surface area contributed by atoms with E-state index in [1.807, 2.05) is 11.0 Å². The van der Waals surface area contributed by atoms with Crippen molar-refractivity contribution >= 4 is 34.5 Å². The van der Waals surface area contributed by atoms with Gasteiger partial charge < -0.3 is 14.7 Å². The molecule has 0 saturated carbocycles. The summed E-state index contributed by atoms with van der Waals surface area (Å²) in [5.74, 6) is 1.23. The molecular weight excluding hydrogens is 344 g/mol. The Kier molecular flexibility index (Phi) is 5.98. The molecular formula is C17H24N2O3S2. The van der Waals surface area contributed by atoms with Crippen molar-refractivity contribution in [3.8, 4) is 11.5 Å². The molecule has 1 aromatic carbocycles. The van der Waals surface area contributed by atoms with Gasteiger partial charge in [-0.05, 0) is 38.5 Å². The first-order valence-corrected chi connectivity index (χ1v) is 9.08. The van der Waals surface area contributed by atoms with E-state index in [0.29, 0.717) is 11.5 Å². The van der Waals surface area contributed by atoms with Gasteiger partial charge in [-0.15, -0.1) is 0 Å². The summed E-state index contributed by atoms with van der Waals surface area (Å²) in [6.45, 7) is 6.97. The van der Waals surface area contributed by atoms with Crippen LogP contribution in [0.5, 0.6) is 11.5 Å². The largest absolute Gasteiger partial charge is 0.622 e. The minimum Gasteiger partial charge on any atom is -0.622 e. The van der Waals surface area contributed by atoms with Gasteiger partial charge in [0.15, 0.2) is 17.7 Å². The van der Waals surface area contributed by atoms with E-state index < -0.39 is 0 Å². The molecule has 0 aromatic heterocycles. The molecule has 1 aromatic rings. The Hall–Kier alpha value is -1.47. The Bertz CT molecular complexity index is 647. The molecule has 2 rings (SSSR count). The number of methoxy groups -OCH3 is 2. The van der Waals surface area contributed by atoms with Crippen LogP contribution in [0, 0.1) is 5.21 Å². The number of hydroxylamine groups is 1.